The van der Waals surface area contributed by atoms with Crippen LogP contribution in [0.4, 0.5) is 5.69 Å². The molecule has 1 fully saturated rings. The van der Waals surface area contributed by atoms with Crippen LogP contribution in [-0.4, -0.2) is 49.9 Å². The number of benzene rings is 2. The second-order valence-corrected chi connectivity index (χ2v) is 9.93. The molecule has 1 heterocycles. The fraction of sp³-hybridized carbons (Fsp3) is 0.364. The molecule has 0 aromatic heterocycles. The number of morpholine rings is 1. The Labute approximate surface area is 189 Å². The number of nitrogens with one attached hydrogen (secondary N) is 2. The first-order valence-electron chi connectivity index (χ1n) is 10.2. The Balaban J connectivity index is 1.60. The van der Waals surface area contributed by atoms with Gasteiger partial charge in [-0.05, 0) is 60.5 Å². The third-order valence-corrected chi connectivity index (χ3v) is 7.15. The zero-order valence-corrected chi connectivity index (χ0v) is 19.6. The third-order valence-electron chi connectivity index (χ3n) is 5.04. The van der Waals surface area contributed by atoms with E-state index >= 15 is 0 Å². The Morgan fingerprint density at radius 1 is 1.06 bits per heavy atom. The molecule has 2 N–H and O–H groups in total. The number of thiocarbonyl (C=S) groups is 1. The normalized spacial score (nSPS) is 15.7. The van der Waals surface area contributed by atoms with Crippen LogP contribution in [0, 0.1) is 0 Å². The highest BCUT2D eigenvalue weighted by molar-refractivity contribution is 7.89. The maximum absolute atomic E-state index is 12.7. The molecule has 0 aliphatic carbocycles. The van der Waals surface area contributed by atoms with E-state index in [4.69, 9.17) is 17.0 Å². The summed E-state index contributed by atoms with van der Waals surface area (Å²) in [5, 5.41) is 7.78. The quantitative estimate of drug-likeness (QED) is 0.390. The Morgan fingerprint density at radius 3 is 2.26 bits per heavy atom. The second-order valence-electron chi connectivity index (χ2n) is 7.58. The van der Waals surface area contributed by atoms with E-state index in [1.165, 1.54) is 9.87 Å². The summed E-state index contributed by atoms with van der Waals surface area (Å²) in [5.41, 5.74) is 6.47. The van der Waals surface area contributed by atoms with Crippen LogP contribution in [0.2, 0.25) is 0 Å². The van der Waals surface area contributed by atoms with Crippen molar-refractivity contribution in [1.29, 1.82) is 0 Å². The van der Waals surface area contributed by atoms with E-state index < -0.39 is 10.0 Å². The molecule has 0 radical (unpaired) electrons. The summed E-state index contributed by atoms with van der Waals surface area (Å²) < 4.78 is 32.1. The van der Waals surface area contributed by atoms with Crippen molar-refractivity contribution in [2.24, 2.45) is 5.10 Å². The molecule has 1 aliphatic heterocycles. The SMILES string of the molecule is C/C(=N\NC(=S)Nc1ccc(C(C)C)cc1)c1ccc(S(=O)(=O)N2CCOCC2)cc1. The summed E-state index contributed by atoms with van der Waals surface area (Å²) in [6.07, 6.45) is 0. The van der Waals surface area contributed by atoms with Crippen LogP contribution in [0.3, 0.4) is 0 Å². The summed E-state index contributed by atoms with van der Waals surface area (Å²) in [7, 11) is -3.51. The van der Waals surface area contributed by atoms with Crippen molar-refractivity contribution in [3.63, 3.8) is 0 Å². The molecule has 0 bridgehead atoms. The molecular weight excluding hydrogens is 432 g/mol. The number of rotatable bonds is 6. The fourth-order valence-corrected chi connectivity index (χ4v) is 4.69. The number of nitrogens with zero attached hydrogens (tertiary/aromatic N) is 2. The predicted molar refractivity (Wildman–Crippen MR) is 128 cm³/mol. The van der Waals surface area contributed by atoms with Gasteiger partial charge in [-0.25, -0.2) is 8.42 Å². The monoisotopic (exact) mass is 460 g/mol. The Morgan fingerprint density at radius 2 is 1.68 bits per heavy atom. The van der Waals surface area contributed by atoms with E-state index in [0.29, 0.717) is 43.0 Å². The van der Waals surface area contributed by atoms with Crippen molar-refractivity contribution >= 4 is 38.8 Å². The van der Waals surface area contributed by atoms with Crippen LogP contribution in [-0.2, 0) is 14.8 Å². The van der Waals surface area contributed by atoms with E-state index in [0.717, 1.165) is 11.3 Å². The van der Waals surface area contributed by atoms with E-state index in [1.54, 1.807) is 24.3 Å². The molecule has 1 saturated heterocycles. The van der Waals surface area contributed by atoms with Gasteiger partial charge in [0.15, 0.2) is 5.11 Å². The van der Waals surface area contributed by atoms with Crippen LogP contribution in [0.5, 0.6) is 0 Å². The van der Waals surface area contributed by atoms with Gasteiger partial charge >= 0.3 is 0 Å². The fourth-order valence-electron chi connectivity index (χ4n) is 3.11. The largest absolute Gasteiger partial charge is 0.379 e. The van der Waals surface area contributed by atoms with Gasteiger partial charge in [0.05, 0.1) is 23.8 Å². The molecule has 0 amide bonds. The van der Waals surface area contributed by atoms with Gasteiger partial charge in [-0.3, -0.25) is 5.43 Å². The van der Waals surface area contributed by atoms with Crippen molar-refractivity contribution in [2.45, 2.75) is 31.6 Å². The average molecular weight is 461 g/mol. The molecule has 7 nitrogen and oxygen atoms in total. The zero-order valence-electron chi connectivity index (χ0n) is 18.0. The van der Waals surface area contributed by atoms with E-state index in [-0.39, 0.29) is 4.90 Å². The minimum Gasteiger partial charge on any atom is -0.379 e. The lowest BCUT2D eigenvalue weighted by molar-refractivity contribution is 0.0730. The van der Waals surface area contributed by atoms with Crippen LogP contribution in [0.25, 0.3) is 0 Å². The maximum Gasteiger partial charge on any atom is 0.243 e. The highest BCUT2D eigenvalue weighted by Gasteiger charge is 2.26. The zero-order chi connectivity index (χ0) is 22.4. The Bertz CT molecular complexity index is 1030. The summed E-state index contributed by atoms with van der Waals surface area (Å²) in [4.78, 5) is 0.265. The number of hydrogen-bond donors (Lipinski definition) is 2. The van der Waals surface area contributed by atoms with E-state index in [2.05, 4.69) is 41.8 Å². The first-order chi connectivity index (χ1) is 14.8. The Hall–Kier alpha value is -2.33. The lowest BCUT2D eigenvalue weighted by atomic mass is 10.0. The van der Waals surface area contributed by atoms with Crippen molar-refractivity contribution in [3.05, 3.63) is 59.7 Å². The van der Waals surface area contributed by atoms with Gasteiger partial charge in [0, 0.05) is 18.8 Å². The van der Waals surface area contributed by atoms with Crippen molar-refractivity contribution in [1.82, 2.24) is 9.73 Å². The number of hydrogen-bond acceptors (Lipinski definition) is 5. The van der Waals surface area contributed by atoms with E-state index in [9.17, 15) is 8.42 Å². The topological polar surface area (TPSA) is 83.0 Å². The van der Waals surface area contributed by atoms with Crippen molar-refractivity contribution in [2.75, 3.05) is 31.6 Å². The van der Waals surface area contributed by atoms with Gasteiger partial charge in [0.25, 0.3) is 0 Å². The van der Waals surface area contributed by atoms with Crippen LogP contribution >= 0.6 is 12.2 Å². The second kappa shape index (κ2) is 10.3. The number of ether oxygens (including phenoxy) is 1. The summed E-state index contributed by atoms with van der Waals surface area (Å²) in [6, 6.07) is 14.8. The summed E-state index contributed by atoms with van der Waals surface area (Å²) >= 11 is 5.31. The molecule has 0 unspecified atom stereocenters. The van der Waals surface area contributed by atoms with Gasteiger partial charge in [-0.1, -0.05) is 38.1 Å². The minimum absolute atomic E-state index is 0.265. The molecule has 0 atom stereocenters. The molecule has 0 spiro atoms. The summed E-state index contributed by atoms with van der Waals surface area (Å²) in [5.74, 6) is 0.474. The van der Waals surface area contributed by atoms with Crippen molar-refractivity contribution in [3.8, 4) is 0 Å². The predicted octanol–water partition coefficient (Wildman–Crippen LogP) is 3.54. The molecule has 0 saturated carbocycles. The molecule has 2 aromatic rings. The lowest BCUT2D eigenvalue weighted by Crippen LogP contribution is -2.40. The number of sulfonamides is 1. The molecule has 166 valence electrons. The minimum atomic E-state index is -3.51. The van der Waals surface area contributed by atoms with Crippen LogP contribution in [0.1, 0.15) is 37.8 Å². The van der Waals surface area contributed by atoms with Gasteiger partial charge in [0.2, 0.25) is 10.0 Å². The lowest BCUT2D eigenvalue weighted by Gasteiger charge is -2.26. The molecule has 2 aromatic carbocycles. The van der Waals surface area contributed by atoms with Gasteiger partial charge in [-0.2, -0.15) is 9.41 Å². The first-order valence-corrected chi connectivity index (χ1v) is 12.0. The maximum atomic E-state index is 12.7. The number of hydrazone groups is 1. The molecule has 9 heteroatoms. The van der Waals surface area contributed by atoms with Crippen LogP contribution in [0.15, 0.2) is 58.5 Å². The van der Waals surface area contributed by atoms with E-state index in [1.807, 2.05) is 19.1 Å². The molecule has 31 heavy (non-hydrogen) atoms. The first kappa shape index (κ1) is 23.3. The third kappa shape index (κ3) is 6.10. The highest BCUT2D eigenvalue weighted by Crippen LogP contribution is 2.19. The Kier molecular flexibility index (Phi) is 7.77. The van der Waals surface area contributed by atoms with Gasteiger partial charge in [-0.15, -0.1) is 0 Å². The smallest absolute Gasteiger partial charge is 0.243 e. The molecule has 1 aliphatic rings. The van der Waals surface area contributed by atoms with Gasteiger partial charge in [0.1, 0.15) is 0 Å². The highest BCUT2D eigenvalue weighted by atomic mass is 32.2. The molecule has 3 rings (SSSR count). The number of anilines is 1. The standard InChI is InChI=1S/C22H28N4O3S2/c1-16(2)18-4-8-20(9-5-18)23-22(30)25-24-17(3)19-6-10-21(11-7-19)31(27,28)26-12-14-29-15-13-26/h4-11,16H,12-15H2,1-3H3,(H2,23,25,30)/b24-17+. The average Bonchev–Trinajstić information content (AvgIpc) is 2.78. The van der Waals surface area contributed by atoms with Crippen molar-refractivity contribution < 1.29 is 13.2 Å². The van der Waals surface area contributed by atoms with Crippen LogP contribution < -0.4 is 10.7 Å². The van der Waals surface area contributed by atoms with Gasteiger partial charge < -0.3 is 10.1 Å². The molecular formula is C22H28N4O3S2. The summed E-state index contributed by atoms with van der Waals surface area (Å²) in [6.45, 7) is 7.72.